The minimum Gasteiger partial charge on any atom is -0.324 e. The van der Waals surface area contributed by atoms with Gasteiger partial charge in [0.1, 0.15) is 12.2 Å². The van der Waals surface area contributed by atoms with E-state index in [0.717, 1.165) is 43.0 Å². The number of carbonyl (C=O) groups is 1. The zero-order chi connectivity index (χ0) is 17.1. The lowest BCUT2D eigenvalue weighted by atomic mass is 9.97. The molecule has 7 heteroatoms. The minimum atomic E-state index is -0.0952. The maximum atomic E-state index is 12.6. The third-order valence-electron chi connectivity index (χ3n) is 4.48. The Kier molecular flexibility index (Phi) is 5.04. The van der Waals surface area contributed by atoms with Crippen LogP contribution in [0.25, 0.3) is 0 Å². The summed E-state index contributed by atoms with van der Waals surface area (Å²) < 4.78 is 2.05. The Balaban J connectivity index is 1.67. The number of halogens is 1. The molecule has 1 aliphatic rings. The fraction of sp³-hybridized carbons (Fsp3) is 0.471. The van der Waals surface area contributed by atoms with Gasteiger partial charge in [-0.3, -0.25) is 0 Å². The van der Waals surface area contributed by atoms with E-state index in [2.05, 4.69) is 22.4 Å². The number of carbonyl (C=O) groups excluding carboxylic acids is 1. The number of piperidine rings is 1. The average Bonchev–Trinajstić information content (AvgIpc) is 3.07. The van der Waals surface area contributed by atoms with Crippen molar-refractivity contribution in [2.45, 2.75) is 39.2 Å². The molecule has 1 unspecified atom stereocenters. The molecule has 1 N–H and O–H groups in total. The number of nitrogens with zero attached hydrogens (tertiary/aromatic N) is 4. The summed E-state index contributed by atoms with van der Waals surface area (Å²) >= 11 is 6.12. The molecule has 1 aromatic carbocycles. The maximum Gasteiger partial charge on any atom is 0.321 e. The van der Waals surface area contributed by atoms with Crippen molar-refractivity contribution >= 4 is 23.3 Å². The molecule has 1 fully saturated rings. The molecular formula is C17H22ClN5O. The quantitative estimate of drug-likeness (QED) is 0.921. The zero-order valence-corrected chi connectivity index (χ0v) is 14.8. The number of rotatable bonds is 3. The monoisotopic (exact) mass is 347 g/mol. The molecule has 1 aliphatic heterocycles. The molecule has 1 aromatic heterocycles. The first-order chi connectivity index (χ1) is 11.6. The summed E-state index contributed by atoms with van der Waals surface area (Å²) in [6.07, 6.45) is 3.74. The second kappa shape index (κ2) is 7.21. The van der Waals surface area contributed by atoms with Crippen molar-refractivity contribution < 1.29 is 4.79 Å². The number of aryl methyl sites for hydroxylation is 2. The van der Waals surface area contributed by atoms with Crippen molar-refractivity contribution in [3.63, 3.8) is 0 Å². The first kappa shape index (κ1) is 16.8. The van der Waals surface area contributed by atoms with Crippen LogP contribution in [0, 0.1) is 6.92 Å². The summed E-state index contributed by atoms with van der Waals surface area (Å²) in [5, 5.41) is 11.8. The molecule has 2 heterocycles. The molecule has 1 saturated heterocycles. The number of benzene rings is 1. The molecule has 0 radical (unpaired) electrons. The van der Waals surface area contributed by atoms with Crippen molar-refractivity contribution in [2.24, 2.45) is 0 Å². The van der Waals surface area contributed by atoms with E-state index in [0.29, 0.717) is 11.6 Å². The highest BCUT2D eigenvalue weighted by Gasteiger charge is 2.27. The predicted molar refractivity (Wildman–Crippen MR) is 94.5 cm³/mol. The van der Waals surface area contributed by atoms with Gasteiger partial charge in [-0.1, -0.05) is 17.7 Å². The smallest absolute Gasteiger partial charge is 0.321 e. The van der Waals surface area contributed by atoms with Gasteiger partial charge in [0.15, 0.2) is 0 Å². The van der Waals surface area contributed by atoms with Crippen LogP contribution in [-0.4, -0.2) is 38.8 Å². The van der Waals surface area contributed by atoms with Crippen LogP contribution in [0.15, 0.2) is 24.5 Å². The first-order valence-corrected chi connectivity index (χ1v) is 8.66. The Labute approximate surface area is 146 Å². The van der Waals surface area contributed by atoms with E-state index in [1.807, 2.05) is 28.5 Å². The van der Waals surface area contributed by atoms with Gasteiger partial charge in [0.2, 0.25) is 0 Å². The molecule has 1 atom stereocenters. The Morgan fingerprint density at radius 3 is 3.04 bits per heavy atom. The van der Waals surface area contributed by atoms with Crippen molar-refractivity contribution in [2.75, 3.05) is 18.4 Å². The van der Waals surface area contributed by atoms with Gasteiger partial charge in [0.05, 0.1) is 0 Å². The lowest BCUT2D eigenvalue weighted by Gasteiger charge is -2.32. The maximum absolute atomic E-state index is 12.6. The second-order valence-electron chi connectivity index (χ2n) is 6.15. The lowest BCUT2D eigenvalue weighted by Crippen LogP contribution is -2.42. The molecule has 2 aromatic rings. The zero-order valence-electron chi connectivity index (χ0n) is 14.0. The summed E-state index contributed by atoms with van der Waals surface area (Å²) in [6, 6.07) is 5.46. The molecule has 0 bridgehead atoms. The summed E-state index contributed by atoms with van der Waals surface area (Å²) in [4.78, 5) is 14.4. The van der Waals surface area contributed by atoms with Crippen molar-refractivity contribution in [1.82, 2.24) is 19.7 Å². The van der Waals surface area contributed by atoms with E-state index in [-0.39, 0.29) is 11.9 Å². The molecule has 0 aliphatic carbocycles. The normalized spacial score (nSPS) is 17.8. The predicted octanol–water partition coefficient (Wildman–Crippen LogP) is 3.67. The van der Waals surface area contributed by atoms with Crippen molar-refractivity contribution in [3.05, 3.63) is 40.9 Å². The number of likely N-dealkylation sites (tertiary alicyclic amines) is 1. The van der Waals surface area contributed by atoms with Crippen LogP contribution in [0.2, 0.25) is 5.02 Å². The van der Waals surface area contributed by atoms with Gasteiger partial charge in [-0.15, -0.1) is 10.2 Å². The third-order valence-corrected chi connectivity index (χ3v) is 4.89. The first-order valence-electron chi connectivity index (χ1n) is 8.28. The van der Waals surface area contributed by atoms with E-state index in [4.69, 9.17) is 11.6 Å². The molecule has 0 saturated carbocycles. The van der Waals surface area contributed by atoms with Crippen LogP contribution in [0.1, 0.15) is 37.1 Å². The summed E-state index contributed by atoms with van der Waals surface area (Å²) in [6.45, 7) is 6.26. The number of hydrogen-bond acceptors (Lipinski definition) is 3. The highest BCUT2D eigenvalue weighted by atomic mass is 35.5. The Morgan fingerprint density at radius 1 is 1.46 bits per heavy atom. The van der Waals surface area contributed by atoms with Gasteiger partial charge in [-0.25, -0.2) is 4.79 Å². The van der Waals surface area contributed by atoms with Crippen LogP contribution in [-0.2, 0) is 6.54 Å². The van der Waals surface area contributed by atoms with Crippen molar-refractivity contribution in [3.8, 4) is 0 Å². The van der Waals surface area contributed by atoms with E-state index >= 15 is 0 Å². The molecule has 24 heavy (non-hydrogen) atoms. The van der Waals surface area contributed by atoms with E-state index < -0.39 is 0 Å². The minimum absolute atomic E-state index is 0.0952. The topological polar surface area (TPSA) is 63.1 Å². The number of nitrogens with one attached hydrogen (secondary N) is 1. The van der Waals surface area contributed by atoms with E-state index in [1.165, 1.54) is 0 Å². The Morgan fingerprint density at radius 2 is 2.29 bits per heavy atom. The van der Waals surface area contributed by atoms with Crippen LogP contribution in [0.5, 0.6) is 0 Å². The molecule has 0 spiro atoms. The van der Waals surface area contributed by atoms with Gasteiger partial charge >= 0.3 is 6.03 Å². The Hall–Kier alpha value is -2.08. The summed E-state index contributed by atoms with van der Waals surface area (Å²) in [5.41, 5.74) is 1.71. The SMILES string of the molecule is CCn1cnnc1C1CCCN(C(=O)Nc2ccc(C)c(Cl)c2)C1. The van der Waals surface area contributed by atoms with Gasteiger partial charge in [0.25, 0.3) is 0 Å². The van der Waals surface area contributed by atoms with Crippen LogP contribution in [0.3, 0.4) is 0 Å². The largest absolute Gasteiger partial charge is 0.324 e. The van der Waals surface area contributed by atoms with Gasteiger partial charge in [-0.05, 0) is 44.4 Å². The fourth-order valence-corrected chi connectivity index (χ4v) is 3.25. The fourth-order valence-electron chi connectivity index (χ4n) is 3.07. The number of aromatic nitrogens is 3. The molecule has 6 nitrogen and oxygen atoms in total. The van der Waals surface area contributed by atoms with Gasteiger partial charge < -0.3 is 14.8 Å². The van der Waals surface area contributed by atoms with Crippen LogP contribution >= 0.6 is 11.6 Å². The van der Waals surface area contributed by atoms with E-state index in [9.17, 15) is 4.79 Å². The Bertz CT molecular complexity index is 730. The number of amides is 2. The summed E-state index contributed by atoms with van der Waals surface area (Å²) in [5.74, 6) is 1.20. The number of hydrogen-bond donors (Lipinski definition) is 1. The van der Waals surface area contributed by atoms with E-state index in [1.54, 1.807) is 12.4 Å². The van der Waals surface area contributed by atoms with Crippen LogP contribution in [0.4, 0.5) is 10.5 Å². The molecule has 3 rings (SSSR count). The molecule has 128 valence electrons. The average molecular weight is 348 g/mol. The van der Waals surface area contributed by atoms with Gasteiger partial charge in [0, 0.05) is 36.3 Å². The highest BCUT2D eigenvalue weighted by molar-refractivity contribution is 6.31. The summed E-state index contributed by atoms with van der Waals surface area (Å²) in [7, 11) is 0. The molecular weight excluding hydrogens is 326 g/mol. The van der Waals surface area contributed by atoms with Crippen LogP contribution < -0.4 is 5.32 Å². The standard InChI is InChI=1S/C17H22ClN5O/c1-3-22-11-19-21-16(22)13-5-4-8-23(10-13)17(24)20-14-7-6-12(2)15(18)9-14/h6-7,9,11,13H,3-5,8,10H2,1-2H3,(H,20,24). The number of urea groups is 1. The lowest BCUT2D eigenvalue weighted by molar-refractivity contribution is 0.190. The highest BCUT2D eigenvalue weighted by Crippen LogP contribution is 2.26. The number of anilines is 1. The third kappa shape index (κ3) is 3.53. The van der Waals surface area contributed by atoms with Crippen molar-refractivity contribution in [1.29, 1.82) is 0 Å². The second-order valence-corrected chi connectivity index (χ2v) is 6.56. The van der Waals surface area contributed by atoms with Gasteiger partial charge in [-0.2, -0.15) is 0 Å². The molecule has 2 amide bonds.